The lowest BCUT2D eigenvalue weighted by molar-refractivity contribution is -0.119. The molecule has 0 aliphatic rings. The Morgan fingerprint density at radius 2 is 1.73 bits per heavy atom. The molecule has 1 aromatic heterocycles. The van der Waals surface area contributed by atoms with Gasteiger partial charge in [-0.15, -0.1) is 0 Å². The molecule has 0 bridgehead atoms. The highest BCUT2D eigenvalue weighted by atomic mass is 32.2. The van der Waals surface area contributed by atoms with Crippen molar-refractivity contribution in [1.29, 1.82) is 0 Å². The number of benzene rings is 2. The van der Waals surface area contributed by atoms with Gasteiger partial charge in [0.05, 0.1) is 17.9 Å². The van der Waals surface area contributed by atoms with Crippen LogP contribution < -0.4 is 10.0 Å². The third-order valence-electron chi connectivity index (χ3n) is 4.37. The summed E-state index contributed by atoms with van der Waals surface area (Å²) in [6.45, 7) is 1.32. The van der Waals surface area contributed by atoms with Crippen molar-refractivity contribution in [2.24, 2.45) is 0 Å². The predicted octanol–water partition coefficient (Wildman–Crippen LogP) is 4.41. The molecule has 0 aliphatic carbocycles. The van der Waals surface area contributed by atoms with E-state index < -0.39 is 24.5 Å². The fourth-order valence-electron chi connectivity index (χ4n) is 2.91. The molecule has 2 aromatic carbocycles. The molecule has 3 aromatic rings. The predicted molar refractivity (Wildman–Crippen MR) is 128 cm³/mol. The van der Waals surface area contributed by atoms with Crippen LogP contribution in [0, 0.1) is 0 Å². The van der Waals surface area contributed by atoms with Crippen molar-refractivity contribution >= 4 is 41.3 Å². The maximum atomic E-state index is 12.5. The standard InChI is InChI=1S/C24H23N3O5S/c1-3-31-24(30)19-12-13-20(16-8-5-4-6-9-16)25-22(19)26-21(28)15-32-23(29)17-10-7-11-18(14-17)27-33-2/h4-14,27H,3,15H2,1-2H3,(H,25,26,28). The molecule has 0 saturated carbocycles. The second kappa shape index (κ2) is 11.7. The minimum Gasteiger partial charge on any atom is -0.462 e. The van der Waals surface area contributed by atoms with E-state index in [1.54, 1.807) is 37.3 Å². The van der Waals surface area contributed by atoms with Gasteiger partial charge in [0.2, 0.25) is 0 Å². The summed E-state index contributed by atoms with van der Waals surface area (Å²) in [4.78, 5) is 41.6. The van der Waals surface area contributed by atoms with Crippen LogP contribution in [-0.4, -0.2) is 42.3 Å². The molecule has 0 radical (unpaired) electrons. The Kier molecular flexibility index (Phi) is 8.43. The number of amides is 1. The maximum Gasteiger partial charge on any atom is 0.341 e. The van der Waals surface area contributed by atoms with Crippen LogP contribution in [0.25, 0.3) is 11.3 Å². The quantitative estimate of drug-likeness (QED) is 0.354. The summed E-state index contributed by atoms with van der Waals surface area (Å²) in [6.07, 6.45) is 1.86. The molecule has 0 saturated heterocycles. The third kappa shape index (κ3) is 6.56. The van der Waals surface area contributed by atoms with Gasteiger partial charge in [0.15, 0.2) is 6.61 Å². The molecule has 0 aliphatic heterocycles. The Labute approximate surface area is 195 Å². The average Bonchev–Trinajstić information content (AvgIpc) is 2.83. The van der Waals surface area contributed by atoms with E-state index in [0.29, 0.717) is 11.3 Å². The van der Waals surface area contributed by atoms with Gasteiger partial charge in [-0.3, -0.25) is 4.79 Å². The number of pyridine rings is 1. The summed E-state index contributed by atoms with van der Waals surface area (Å²) in [5, 5.41) is 2.55. The number of aromatic nitrogens is 1. The number of anilines is 2. The van der Waals surface area contributed by atoms with Gasteiger partial charge in [-0.1, -0.05) is 48.3 Å². The summed E-state index contributed by atoms with van der Waals surface area (Å²) in [7, 11) is 0. The molecule has 1 amide bonds. The lowest BCUT2D eigenvalue weighted by Gasteiger charge is -2.12. The molecular formula is C24H23N3O5S. The van der Waals surface area contributed by atoms with Crippen molar-refractivity contribution in [2.75, 3.05) is 29.5 Å². The van der Waals surface area contributed by atoms with Gasteiger partial charge >= 0.3 is 11.9 Å². The minimum atomic E-state index is -0.647. The Balaban J connectivity index is 1.73. The largest absolute Gasteiger partial charge is 0.462 e. The van der Waals surface area contributed by atoms with E-state index in [0.717, 1.165) is 11.3 Å². The van der Waals surface area contributed by atoms with Crippen LogP contribution in [0.2, 0.25) is 0 Å². The SMILES string of the molecule is CCOC(=O)c1ccc(-c2ccccc2)nc1NC(=O)COC(=O)c1cccc(NSC)c1. The summed E-state index contributed by atoms with van der Waals surface area (Å²) in [5.74, 6) is -1.87. The second-order valence-electron chi connectivity index (χ2n) is 6.69. The molecular weight excluding hydrogens is 442 g/mol. The normalized spacial score (nSPS) is 10.2. The first-order chi connectivity index (χ1) is 16.0. The highest BCUT2D eigenvalue weighted by Gasteiger charge is 2.18. The van der Waals surface area contributed by atoms with Crippen molar-refractivity contribution in [2.45, 2.75) is 6.92 Å². The van der Waals surface area contributed by atoms with Crippen LogP contribution >= 0.6 is 11.9 Å². The number of carbonyl (C=O) groups is 3. The van der Waals surface area contributed by atoms with E-state index in [4.69, 9.17) is 9.47 Å². The number of nitrogens with one attached hydrogen (secondary N) is 2. The first kappa shape index (κ1) is 23.8. The topological polar surface area (TPSA) is 107 Å². The molecule has 1 heterocycles. The number of hydrogen-bond donors (Lipinski definition) is 2. The molecule has 0 unspecified atom stereocenters. The van der Waals surface area contributed by atoms with Crippen LogP contribution in [0.5, 0.6) is 0 Å². The highest BCUT2D eigenvalue weighted by Crippen LogP contribution is 2.22. The number of esters is 2. The van der Waals surface area contributed by atoms with Crippen LogP contribution in [0.1, 0.15) is 27.6 Å². The van der Waals surface area contributed by atoms with Crippen molar-refractivity contribution in [3.63, 3.8) is 0 Å². The van der Waals surface area contributed by atoms with E-state index in [-0.39, 0.29) is 18.0 Å². The van der Waals surface area contributed by atoms with Crippen molar-refractivity contribution in [3.8, 4) is 11.3 Å². The minimum absolute atomic E-state index is 0.0296. The fourth-order valence-corrected chi connectivity index (χ4v) is 3.27. The lowest BCUT2D eigenvalue weighted by Crippen LogP contribution is -2.23. The first-order valence-electron chi connectivity index (χ1n) is 10.1. The zero-order chi connectivity index (χ0) is 23.6. The van der Waals surface area contributed by atoms with Gasteiger partial charge in [-0.2, -0.15) is 0 Å². The Bertz CT molecular complexity index is 1140. The lowest BCUT2D eigenvalue weighted by atomic mass is 10.1. The van der Waals surface area contributed by atoms with Gasteiger partial charge in [0.25, 0.3) is 5.91 Å². The van der Waals surface area contributed by atoms with Crippen molar-refractivity contribution < 1.29 is 23.9 Å². The molecule has 2 N–H and O–H groups in total. The smallest absolute Gasteiger partial charge is 0.341 e. The van der Waals surface area contributed by atoms with E-state index >= 15 is 0 Å². The summed E-state index contributed by atoms with van der Waals surface area (Å²) < 4.78 is 13.2. The van der Waals surface area contributed by atoms with Crippen LogP contribution in [0.3, 0.4) is 0 Å². The van der Waals surface area contributed by atoms with E-state index in [1.807, 2.05) is 42.7 Å². The Morgan fingerprint density at radius 3 is 2.45 bits per heavy atom. The molecule has 0 atom stereocenters. The van der Waals surface area contributed by atoms with Gasteiger partial charge < -0.3 is 19.5 Å². The summed E-state index contributed by atoms with van der Waals surface area (Å²) in [6, 6.07) is 19.3. The summed E-state index contributed by atoms with van der Waals surface area (Å²) in [5.41, 5.74) is 2.52. The highest BCUT2D eigenvalue weighted by molar-refractivity contribution is 7.99. The molecule has 33 heavy (non-hydrogen) atoms. The van der Waals surface area contributed by atoms with Gasteiger partial charge in [-0.05, 0) is 37.3 Å². The fraction of sp³-hybridized carbons (Fsp3) is 0.167. The van der Waals surface area contributed by atoms with Crippen molar-refractivity contribution in [1.82, 2.24) is 4.98 Å². The van der Waals surface area contributed by atoms with Crippen LogP contribution in [-0.2, 0) is 14.3 Å². The van der Waals surface area contributed by atoms with Gasteiger partial charge in [0.1, 0.15) is 11.4 Å². The van der Waals surface area contributed by atoms with Crippen LogP contribution in [0.15, 0.2) is 66.7 Å². The zero-order valence-electron chi connectivity index (χ0n) is 18.2. The Hall–Kier alpha value is -3.85. The number of nitrogens with zero attached hydrogens (tertiary/aromatic N) is 1. The van der Waals surface area contributed by atoms with E-state index in [1.165, 1.54) is 11.9 Å². The molecule has 0 spiro atoms. The average molecular weight is 466 g/mol. The van der Waals surface area contributed by atoms with Crippen LogP contribution in [0.4, 0.5) is 11.5 Å². The zero-order valence-corrected chi connectivity index (χ0v) is 19.0. The monoisotopic (exact) mass is 465 g/mol. The van der Waals surface area contributed by atoms with Crippen molar-refractivity contribution in [3.05, 3.63) is 77.9 Å². The number of hydrogen-bond acceptors (Lipinski definition) is 8. The number of carbonyl (C=O) groups excluding carboxylic acids is 3. The third-order valence-corrected chi connectivity index (χ3v) is 4.81. The first-order valence-corrected chi connectivity index (χ1v) is 11.3. The van der Waals surface area contributed by atoms with Gasteiger partial charge in [-0.25, -0.2) is 14.6 Å². The van der Waals surface area contributed by atoms with Gasteiger partial charge in [0, 0.05) is 17.5 Å². The molecule has 3 rings (SSSR count). The van der Waals surface area contributed by atoms with E-state index in [9.17, 15) is 14.4 Å². The maximum absolute atomic E-state index is 12.5. The molecule has 0 fully saturated rings. The van der Waals surface area contributed by atoms with E-state index in [2.05, 4.69) is 15.0 Å². The number of rotatable bonds is 9. The molecule has 8 nitrogen and oxygen atoms in total. The second-order valence-corrected chi connectivity index (χ2v) is 7.30. The molecule has 9 heteroatoms. The Morgan fingerprint density at radius 1 is 0.939 bits per heavy atom. The summed E-state index contributed by atoms with van der Waals surface area (Å²) >= 11 is 1.39. The number of ether oxygens (including phenoxy) is 2. The molecule has 170 valence electrons.